The molecule has 102 valence electrons. The van der Waals surface area contributed by atoms with Gasteiger partial charge in [0.25, 0.3) is 0 Å². The van der Waals surface area contributed by atoms with Crippen molar-refractivity contribution < 1.29 is 9.53 Å². The Morgan fingerprint density at radius 1 is 1.32 bits per heavy atom. The fourth-order valence-corrected chi connectivity index (χ4v) is 2.46. The van der Waals surface area contributed by atoms with Crippen LogP contribution < -0.4 is 0 Å². The lowest BCUT2D eigenvalue weighted by atomic mass is 9.87. The van der Waals surface area contributed by atoms with Crippen molar-refractivity contribution in [3.05, 3.63) is 35.9 Å². The molecule has 0 amide bonds. The van der Waals surface area contributed by atoms with Crippen LogP contribution in [0.15, 0.2) is 35.3 Å². The molecule has 1 saturated carbocycles. The first-order valence-electron chi connectivity index (χ1n) is 7.05. The monoisotopic (exact) mass is 259 g/mol. The van der Waals surface area contributed by atoms with Crippen LogP contribution >= 0.6 is 0 Å². The number of benzene rings is 1. The molecule has 1 aromatic carbocycles. The third kappa shape index (κ3) is 3.91. The van der Waals surface area contributed by atoms with E-state index >= 15 is 0 Å². The van der Waals surface area contributed by atoms with Crippen LogP contribution in [-0.2, 0) is 16.1 Å². The van der Waals surface area contributed by atoms with Crippen molar-refractivity contribution in [1.82, 2.24) is 0 Å². The highest BCUT2D eigenvalue weighted by Gasteiger charge is 2.28. The van der Waals surface area contributed by atoms with Crippen molar-refractivity contribution in [2.75, 3.05) is 6.61 Å². The highest BCUT2D eigenvalue weighted by atomic mass is 16.5. The molecule has 1 unspecified atom stereocenters. The zero-order chi connectivity index (χ0) is 13.5. The number of nitrogens with zero attached hydrogens (tertiary/aromatic N) is 1. The summed E-state index contributed by atoms with van der Waals surface area (Å²) in [5, 5.41) is 0. The van der Waals surface area contributed by atoms with Crippen LogP contribution in [0.1, 0.15) is 38.2 Å². The van der Waals surface area contributed by atoms with Crippen LogP contribution in [0.3, 0.4) is 0 Å². The SMILES string of the molecule is CCOC(=O)C1CCCCC1=NCc1ccccc1. The molecule has 1 atom stereocenters. The van der Waals surface area contributed by atoms with Gasteiger partial charge in [-0.05, 0) is 31.7 Å². The molecule has 19 heavy (non-hydrogen) atoms. The third-order valence-corrected chi connectivity index (χ3v) is 3.46. The molecule has 0 radical (unpaired) electrons. The van der Waals surface area contributed by atoms with E-state index in [1.54, 1.807) is 0 Å². The Balaban J connectivity index is 2.04. The lowest BCUT2D eigenvalue weighted by Gasteiger charge is -2.22. The minimum Gasteiger partial charge on any atom is -0.465 e. The molecule has 0 aromatic heterocycles. The number of hydrogen-bond acceptors (Lipinski definition) is 3. The summed E-state index contributed by atoms with van der Waals surface area (Å²) in [5.74, 6) is -0.216. The number of carbonyl (C=O) groups is 1. The van der Waals surface area contributed by atoms with Gasteiger partial charge in [-0.25, -0.2) is 0 Å². The summed E-state index contributed by atoms with van der Waals surface area (Å²) in [6.45, 7) is 2.95. The first-order valence-corrected chi connectivity index (χ1v) is 7.05. The van der Waals surface area contributed by atoms with Crippen molar-refractivity contribution in [2.45, 2.75) is 39.2 Å². The Hall–Kier alpha value is -1.64. The van der Waals surface area contributed by atoms with Crippen molar-refractivity contribution >= 4 is 11.7 Å². The van der Waals surface area contributed by atoms with Gasteiger partial charge in [0.15, 0.2) is 0 Å². The normalized spacial score (nSPS) is 21.3. The molecule has 0 aliphatic heterocycles. The Morgan fingerprint density at radius 2 is 2.11 bits per heavy atom. The summed E-state index contributed by atoms with van der Waals surface area (Å²) in [6, 6.07) is 10.1. The van der Waals surface area contributed by atoms with Gasteiger partial charge in [-0.15, -0.1) is 0 Å². The minimum atomic E-state index is -0.114. The highest BCUT2D eigenvalue weighted by molar-refractivity contribution is 6.02. The Labute approximate surface area is 114 Å². The van der Waals surface area contributed by atoms with Gasteiger partial charge >= 0.3 is 5.97 Å². The smallest absolute Gasteiger partial charge is 0.314 e. The quantitative estimate of drug-likeness (QED) is 0.777. The number of aliphatic imine (C=N–C) groups is 1. The molecule has 0 spiro atoms. The maximum absolute atomic E-state index is 11.9. The lowest BCUT2D eigenvalue weighted by molar-refractivity contribution is -0.146. The van der Waals surface area contributed by atoms with E-state index in [0.29, 0.717) is 13.2 Å². The van der Waals surface area contributed by atoms with Crippen LogP contribution in [-0.4, -0.2) is 18.3 Å². The van der Waals surface area contributed by atoms with Crippen molar-refractivity contribution in [3.63, 3.8) is 0 Å². The predicted molar refractivity (Wildman–Crippen MR) is 76.2 cm³/mol. The van der Waals surface area contributed by atoms with Gasteiger partial charge in [-0.2, -0.15) is 0 Å². The molecule has 1 aliphatic rings. The van der Waals surface area contributed by atoms with E-state index in [1.165, 1.54) is 5.56 Å². The molecule has 0 heterocycles. The second-order valence-corrected chi connectivity index (χ2v) is 4.84. The zero-order valence-electron chi connectivity index (χ0n) is 11.5. The van der Waals surface area contributed by atoms with E-state index in [2.05, 4.69) is 17.1 Å². The van der Waals surface area contributed by atoms with E-state index < -0.39 is 0 Å². The van der Waals surface area contributed by atoms with Crippen LogP contribution in [0.5, 0.6) is 0 Å². The van der Waals surface area contributed by atoms with Gasteiger partial charge in [0.1, 0.15) is 0 Å². The molecule has 3 nitrogen and oxygen atoms in total. The molecule has 0 N–H and O–H groups in total. The minimum absolute atomic E-state index is 0.103. The number of carbonyl (C=O) groups excluding carboxylic acids is 1. The summed E-state index contributed by atoms with van der Waals surface area (Å²) < 4.78 is 5.14. The Morgan fingerprint density at radius 3 is 2.84 bits per heavy atom. The topological polar surface area (TPSA) is 38.7 Å². The van der Waals surface area contributed by atoms with Gasteiger partial charge in [-0.3, -0.25) is 9.79 Å². The van der Waals surface area contributed by atoms with Gasteiger partial charge < -0.3 is 4.74 Å². The lowest BCUT2D eigenvalue weighted by Crippen LogP contribution is -2.29. The summed E-state index contributed by atoms with van der Waals surface area (Å²) in [7, 11) is 0. The molecule has 2 rings (SSSR count). The number of rotatable bonds is 4. The fraction of sp³-hybridized carbons (Fsp3) is 0.500. The molecule has 1 aromatic rings. The summed E-state index contributed by atoms with van der Waals surface area (Å²) in [6.07, 6.45) is 4.03. The average molecular weight is 259 g/mol. The predicted octanol–water partition coefficient (Wildman–Crippen LogP) is 3.38. The third-order valence-electron chi connectivity index (χ3n) is 3.46. The second-order valence-electron chi connectivity index (χ2n) is 4.84. The maximum atomic E-state index is 11.9. The van der Waals surface area contributed by atoms with Gasteiger partial charge in [0.2, 0.25) is 0 Å². The number of ether oxygens (including phenoxy) is 1. The van der Waals surface area contributed by atoms with Crippen LogP contribution in [0.2, 0.25) is 0 Å². The van der Waals surface area contributed by atoms with E-state index in [9.17, 15) is 4.79 Å². The van der Waals surface area contributed by atoms with E-state index in [-0.39, 0.29) is 11.9 Å². The summed E-state index contributed by atoms with van der Waals surface area (Å²) in [5.41, 5.74) is 2.21. The largest absolute Gasteiger partial charge is 0.465 e. The molecule has 0 saturated heterocycles. The average Bonchev–Trinajstić information content (AvgIpc) is 2.47. The first-order chi connectivity index (χ1) is 9.31. The standard InChI is InChI=1S/C16H21NO2/c1-2-19-16(18)14-10-6-7-11-15(14)17-12-13-8-4-3-5-9-13/h3-5,8-9,14H,2,6-7,10-12H2,1H3. The zero-order valence-corrected chi connectivity index (χ0v) is 11.5. The number of hydrogen-bond donors (Lipinski definition) is 0. The van der Waals surface area contributed by atoms with Crippen molar-refractivity contribution in [1.29, 1.82) is 0 Å². The van der Waals surface area contributed by atoms with E-state index in [1.807, 2.05) is 25.1 Å². The van der Waals surface area contributed by atoms with Crippen LogP contribution in [0.4, 0.5) is 0 Å². The number of esters is 1. The highest BCUT2D eigenvalue weighted by Crippen LogP contribution is 2.23. The van der Waals surface area contributed by atoms with Crippen LogP contribution in [0, 0.1) is 5.92 Å². The van der Waals surface area contributed by atoms with E-state index in [0.717, 1.165) is 31.4 Å². The van der Waals surface area contributed by atoms with E-state index in [4.69, 9.17) is 4.74 Å². The molecule has 1 fully saturated rings. The Bertz CT molecular complexity index is 439. The van der Waals surface area contributed by atoms with Gasteiger partial charge in [0.05, 0.1) is 19.1 Å². The summed E-state index contributed by atoms with van der Waals surface area (Å²) in [4.78, 5) is 16.6. The fourth-order valence-electron chi connectivity index (χ4n) is 2.46. The molecule has 3 heteroatoms. The summed E-state index contributed by atoms with van der Waals surface area (Å²) >= 11 is 0. The first kappa shape index (κ1) is 13.8. The molecular weight excluding hydrogens is 238 g/mol. The molecule has 1 aliphatic carbocycles. The second kappa shape index (κ2) is 7.07. The Kier molecular flexibility index (Phi) is 5.13. The van der Waals surface area contributed by atoms with Gasteiger partial charge in [-0.1, -0.05) is 36.8 Å². The molecule has 0 bridgehead atoms. The van der Waals surface area contributed by atoms with Crippen molar-refractivity contribution in [3.8, 4) is 0 Å². The molecular formula is C16H21NO2. The van der Waals surface area contributed by atoms with Gasteiger partial charge in [0, 0.05) is 5.71 Å². The maximum Gasteiger partial charge on any atom is 0.314 e. The van der Waals surface area contributed by atoms with Crippen LogP contribution in [0.25, 0.3) is 0 Å². The van der Waals surface area contributed by atoms with Crippen molar-refractivity contribution in [2.24, 2.45) is 10.9 Å².